The van der Waals surface area contributed by atoms with E-state index in [1.54, 1.807) is 23.0 Å². The van der Waals surface area contributed by atoms with Crippen molar-refractivity contribution in [3.05, 3.63) is 65.2 Å². The maximum atomic E-state index is 12.8. The molecule has 3 N–H and O–H groups in total. The van der Waals surface area contributed by atoms with E-state index in [0.29, 0.717) is 23.6 Å². The number of nitrogens with one attached hydrogen (secondary N) is 2. The average Bonchev–Trinajstić information content (AvgIpc) is 3.27. The number of amides is 1. The fraction of sp³-hybridized carbons (Fsp3) is 0.318. The van der Waals surface area contributed by atoms with Crippen molar-refractivity contribution in [2.45, 2.75) is 31.8 Å². The van der Waals surface area contributed by atoms with Gasteiger partial charge in [-0.2, -0.15) is 5.10 Å². The van der Waals surface area contributed by atoms with Gasteiger partial charge < -0.3 is 20.5 Å². The fourth-order valence-electron chi connectivity index (χ4n) is 3.58. The van der Waals surface area contributed by atoms with Crippen LogP contribution in [0.5, 0.6) is 5.88 Å². The van der Waals surface area contributed by atoms with Gasteiger partial charge in [0.25, 0.3) is 5.91 Å². The Morgan fingerprint density at radius 2 is 2.16 bits per heavy atom. The van der Waals surface area contributed by atoms with Crippen LogP contribution in [0.4, 0.5) is 5.82 Å². The molecule has 0 aromatic carbocycles. The first-order valence-corrected chi connectivity index (χ1v) is 10.3. The summed E-state index contributed by atoms with van der Waals surface area (Å²) in [5, 5.41) is 19.6. The second-order valence-electron chi connectivity index (χ2n) is 7.53. The van der Waals surface area contributed by atoms with E-state index in [2.05, 4.69) is 31.8 Å². The summed E-state index contributed by atoms with van der Waals surface area (Å²) in [5.41, 5.74) is 2.94. The third-order valence-corrected chi connectivity index (χ3v) is 5.23. The highest BCUT2D eigenvalue weighted by Crippen LogP contribution is 2.21. The van der Waals surface area contributed by atoms with Gasteiger partial charge in [0, 0.05) is 25.0 Å². The summed E-state index contributed by atoms with van der Waals surface area (Å²) in [7, 11) is 1.49. The van der Waals surface area contributed by atoms with E-state index < -0.39 is 17.9 Å². The summed E-state index contributed by atoms with van der Waals surface area (Å²) in [6.45, 7) is 1.33. The van der Waals surface area contributed by atoms with Crippen LogP contribution in [0.15, 0.2) is 42.9 Å². The van der Waals surface area contributed by atoms with Crippen molar-refractivity contribution in [1.82, 2.24) is 25.1 Å². The average molecular weight is 436 g/mol. The van der Waals surface area contributed by atoms with Crippen LogP contribution < -0.4 is 15.4 Å². The van der Waals surface area contributed by atoms with E-state index in [1.165, 1.54) is 25.1 Å². The third kappa shape index (κ3) is 5.02. The fourth-order valence-corrected chi connectivity index (χ4v) is 3.58. The third-order valence-electron chi connectivity index (χ3n) is 5.23. The van der Waals surface area contributed by atoms with E-state index in [-0.39, 0.29) is 6.42 Å². The molecule has 3 aromatic heterocycles. The van der Waals surface area contributed by atoms with Gasteiger partial charge in [-0.15, -0.1) is 0 Å². The summed E-state index contributed by atoms with van der Waals surface area (Å²) in [4.78, 5) is 32.8. The largest absolute Gasteiger partial charge is 0.481 e. The number of fused-ring (bicyclic) bond motifs is 1. The van der Waals surface area contributed by atoms with Gasteiger partial charge in [-0.3, -0.25) is 14.3 Å². The molecule has 0 fully saturated rings. The number of nitrogens with zero attached hydrogens (tertiary/aromatic N) is 4. The maximum Gasteiger partial charge on any atom is 0.305 e. The Labute approximate surface area is 184 Å². The molecule has 1 aliphatic heterocycles. The smallest absolute Gasteiger partial charge is 0.305 e. The zero-order valence-corrected chi connectivity index (χ0v) is 17.6. The molecule has 0 radical (unpaired) electrons. The highest BCUT2D eigenvalue weighted by molar-refractivity contribution is 5.94. The number of methoxy groups -OCH3 is 1. The number of pyridine rings is 2. The second kappa shape index (κ2) is 9.46. The number of hydrogen-bond acceptors (Lipinski definition) is 7. The van der Waals surface area contributed by atoms with Gasteiger partial charge >= 0.3 is 5.97 Å². The molecule has 4 heterocycles. The summed E-state index contributed by atoms with van der Waals surface area (Å²) in [6, 6.07) is 6.59. The number of hydrogen-bond donors (Lipinski definition) is 3. The molecule has 1 aliphatic rings. The lowest BCUT2D eigenvalue weighted by Crippen LogP contribution is -2.30. The number of aliphatic carboxylic acids is 1. The Morgan fingerprint density at radius 1 is 1.28 bits per heavy atom. The number of ether oxygens (including phenoxy) is 1. The van der Waals surface area contributed by atoms with Crippen LogP contribution >= 0.6 is 0 Å². The molecule has 0 saturated heterocycles. The first-order chi connectivity index (χ1) is 15.5. The number of carbonyl (C=O) groups is 2. The number of carbonyl (C=O) groups excluding carboxylic acids is 1. The van der Waals surface area contributed by atoms with Crippen LogP contribution in [0, 0.1) is 0 Å². The second-order valence-corrected chi connectivity index (χ2v) is 7.53. The van der Waals surface area contributed by atoms with Gasteiger partial charge in [-0.05, 0) is 30.0 Å². The van der Waals surface area contributed by atoms with Gasteiger partial charge in [0.05, 0.1) is 43.6 Å². The Hall–Kier alpha value is -3.95. The molecule has 1 amide bonds. The predicted octanol–water partition coefficient (Wildman–Crippen LogP) is 2.03. The lowest BCUT2D eigenvalue weighted by atomic mass is 10.1. The molecular formula is C22H24N6O4. The molecule has 1 unspecified atom stereocenters. The molecule has 1 atom stereocenters. The number of aryl methyl sites for hydroxylation is 1. The minimum Gasteiger partial charge on any atom is -0.481 e. The molecule has 32 heavy (non-hydrogen) atoms. The predicted molar refractivity (Wildman–Crippen MR) is 116 cm³/mol. The van der Waals surface area contributed by atoms with E-state index >= 15 is 0 Å². The van der Waals surface area contributed by atoms with Crippen molar-refractivity contribution >= 4 is 17.7 Å². The van der Waals surface area contributed by atoms with Crippen LogP contribution in [0.25, 0.3) is 0 Å². The van der Waals surface area contributed by atoms with Crippen molar-refractivity contribution in [2.75, 3.05) is 19.0 Å². The van der Waals surface area contributed by atoms with E-state index in [0.717, 1.165) is 30.9 Å². The highest BCUT2D eigenvalue weighted by Gasteiger charge is 2.20. The van der Waals surface area contributed by atoms with Crippen LogP contribution in [0.1, 0.15) is 46.1 Å². The van der Waals surface area contributed by atoms with Crippen molar-refractivity contribution in [3.8, 4) is 5.88 Å². The molecule has 10 nitrogen and oxygen atoms in total. The van der Waals surface area contributed by atoms with Crippen LogP contribution in [-0.4, -0.2) is 50.4 Å². The zero-order valence-electron chi connectivity index (χ0n) is 17.6. The standard InChI is InChI=1S/C22H24N6O4/c1-32-19-7-5-15(10-24-19)18(9-20(29)30)27-22(31)16-11-25-28(12-16)13-17-6-4-14-3-2-8-23-21(14)26-17/h4-7,10-12,18H,2-3,8-9,13H2,1H3,(H,23,26)(H,27,31)(H,29,30). The monoisotopic (exact) mass is 436 g/mol. The summed E-state index contributed by atoms with van der Waals surface area (Å²) >= 11 is 0. The maximum absolute atomic E-state index is 12.8. The van der Waals surface area contributed by atoms with Gasteiger partial charge in [0.15, 0.2) is 0 Å². The summed E-state index contributed by atoms with van der Waals surface area (Å²) in [5.74, 6) is -0.141. The van der Waals surface area contributed by atoms with Gasteiger partial charge in [-0.1, -0.05) is 12.1 Å². The van der Waals surface area contributed by atoms with E-state index in [1.807, 2.05) is 6.07 Å². The molecule has 4 rings (SSSR count). The summed E-state index contributed by atoms with van der Waals surface area (Å²) < 4.78 is 6.66. The van der Waals surface area contributed by atoms with Crippen LogP contribution in [0.3, 0.4) is 0 Å². The van der Waals surface area contributed by atoms with Crippen molar-refractivity contribution in [3.63, 3.8) is 0 Å². The minimum atomic E-state index is -1.03. The first-order valence-electron chi connectivity index (χ1n) is 10.3. The number of carboxylic acid groups (broad SMARTS) is 1. The Balaban J connectivity index is 1.45. The normalized spacial score (nSPS) is 13.5. The van der Waals surface area contributed by atoms with Crippen LogP contribution in [-0.2, 0) is 17.8 Å². The topological polar surface area (TPSA) is 131 Å². The number of aromatic nitrogens is 4. The van der Waals surface area contributed by atoms with Gasteiger partial charge in [0.1, 0.15) is 5.82 Å². The molecule has 0 saturated carbocycles. The minimum absolute atomic E-state index is 0.278. The van der Waals surface area contributed by atoms with Gasteiger partial charge in [-0.25, -0.2) is 9.97 Å². The molecule has 166 valence electrons. The molecular weight excluding hydrogens is 412 g/mol. The molecule has 0 bridgehead atoms. The quantitative estimate of drug-likeness (QED) is 0.489. The zero-order chi connectivity index (χ0) is 22.5. The summed E-state index contributed by atoms with van der Waals surface area (Å²) in [6.07, 6.45) is 6.40. The Morgan fingerprint density at radius 3 is 2.91 bits per heavy atom. The van der Waals surface area contributed by atoms with Crippen molar-refractivity contribution < 1.29 is 19.4 Å². The number of carboxylic acids is 1. The van der Waals surface area contributed by atoms with Gasteiger partial charge in [0.2, 0.25) is 5.88 Å². The molecule has 10 heteroatoms. The SMILES string of the molecule is COc1ccc(C(CC(=O)O)NC(=O)c2cnn(Cc3ccc4c(n3)NCCC4)c2)cn1. The lowest BCUT2D eigenvalue weighted by Gasteiger charge is -2.17. The van der Waals surface area contributed by atoms with Crippen LogP contribution in [0.2, 0.25) is 0 Å². The van der Waals surface area contributed by atoms with Crippen molar-refractivity contribution in [2.24, 2.45) is 0 Å². The lowest BCUT2D eigenvalue weighted by molar-refractivity contribution is -0.137. The number of rotatable bonds is 8. The highest BCUT2D eigenvalue weighted by atomic mass is 16.5. The van der Waals surface area contributed by atoms with E-state index in [4.69, 9.17) is 4.74 Å². The van der Waals surface area contributed by atoms with E-state index in [9.17, 15) is 14.7 Å². The molecule has 0 spiro atoms. The Kier molecular flexibility index (Phi) is 6.29. The molecule has 3 aromatic rings. The van der Waals surface area contributed by atoms with Crippen molar-refractivity contribution in [1.29, 1.82) is 0 Å². The molecule has 0 aliphatic carbocycles. The Bertz CT molecular complexity index is 1110. The number of anilines is 1. The first kappa shape index (κ1) is 21.3.